The Labute approximate surface area is 177 Å². The number of nitrogens with one attached hydrogen (secondary N) is 1. The number of nitrogens with zero attached hydrogens (tertiary/aromatic N) is 2. The van der Waals surface area contributed by atoms with E-state index in [0.717, 1.165) is 41.1 Å². The molecule has 0 aliphatic heterocycles. The fraction of sp³-hybridized carbons (Fsp3) is 0.320. The summed E-state index contributed by atoms with van der Waals surface area (Å²) in [7, 11) is 0. The van der Waals surface area contributed by atoms with E-state index in [1.807, 2.05) is 61.5 Å². The summed E-state index contributed by atoms with van der Waals surface area (Å²) in [5.74, 6) is 0.942. The van der Waals surface area contributed by atoms with Gasteiger partial charge in [-0.25, -0.2) is 9.97 Å². The fourth-order valence-electron chi connectivity index (χ4n) is 4.08. The van der Waals surface area contributed by atoms with Crippen molar-refractivity contribution in [2.45, 2.75) is 51.5 Å². The van der Waals surface area contributed by atoms with Gasteiger partial charge in [0.05, 0.1) is 5.69 Å². The van der Waals surface area contributed by atoms with Crippen LogP contribution in [0, 0.1) is 6.92 Å². The topological polar surface area (TPSA) is 80.9 Å². The average Bonchev–Trinajstić information content (AvgIpc) is 2.79. The number of anilines is 1. The molecular formula is C25H28N4O. The Morgan fingerprint density at radius 1 is 1.00 bits per heavy atom. The summed E-state index contributed by atoms with van der Waals surface area (Å²) in [4.78, 5) is 22.8. The highest BCUT2D eigenvalue weighted by Gasteiger charge is 2.24. The number of amides is 1. The van der Waals surface area contributed by atoms with Crippen LogP contribution in [0.2, 0.25) is 0 Å². The third kappa shape index (κ3) is 4.51. The summed E-state index contributed by atoms with van der Waals surface area (Å²) in [5.41, 5.74) is 10.7. The standard InChI is InChI=1S/C25H28N4O/c1-17-22(19-12-14-21(26)15-13-19)28-24(20-10-6-3-7-11-20)29-23(17)25(30)27-16-18-8-4-2-5-9-18/h2,4-5,8-9,12-15,20H,3,6-7,10-11,16,26H2,1H3,(H,27,30). The predicted molar refractivity (Wildman–Crippen MR) is 120 cm³/mol. The van der Waals surface area contributed by atoms with Gasteiger partial charge in [0.2, 0.25) is 0 Å². The summed E-state index contributed by atoms with van der Waals surface area (Å²) < 4.78 is 0. The van der Waals surface area contributed by atoms with Crippen LogP contribution in [-0.4, -0.2) is 15.9 Å². The van der Waals surface area contributed by atoms with Crippen molar-refractivity contribution in [1.29, 1.82) is 0 Å². The predicted octanol–water partition coefficient (Wildman–Crippen LogP) is 5.01. The molecule has 1 aromatic heterocycles. The molecule has 5 nitrogen and oxygen atoms in total. The molecule has 154 valence electrons. The molecule has 0 unspecified atom stereocenters. The Morgan fingerprint density at radius 2 is 1.70 bits per heavy atom. The second-order valence-electron chi connectivity index (χ2n) is 8.03. The van der Waals surface area contributed by atoms with E-state index >= 15 is 0 Å². The quantitative estimate of drug-likeness (QED) is 0.590. The molecule has 0 radical (unpaired) electrons. The zero-order valence-electron chi connectivity index (χ0n) is 17.4. The van der Waals surface area contributed by atoms with Crippen LogP contribution in [0.5, 0.6) is 0 Å². The Bertz CT molecular complexity index is 1010. The minimum Gasteiger partial charge on any atom is -0.399 e. The van der Waals surface area contributed by atoms with Crippen LogP contribution < -0.4 is 11.1 Å². The van der Waals surface area contributed by atoms with E-state index in [1.54, 1.807) is 0 Å². The van der Waals surface area contributed by atoms with E-state index in [1.165, 1.54) is 19.3 Å². The Kier molecular flexibility index (Phi) is 6.07. The van der Waals surface area contributed by atoms with Gasteiger partial charge in [0.1, 0.15) is 11.5 Å². The number of benzene rings is 2. The number of nitrogen functional groups attached to an aromatic ring is 1. The average molecular weight is 401 g/mol. The maximum Gasteiger partial charge on any atom is 0.270 e. The van der Waals surface area contributed by atoms with E-state index in [0.29, 0.717) is 23.8 Å². The van der Waals surface area contributed by atoms with Gasteiger partial charge in [-0.3, -0.25) is 4.79 Å². The van der Waals surface area contributed by atoms with E-state index in [4.69, 9.17) is 15.7 Å². The lowest BCUT2D eigenvalue weighted by Gasteiger charge is -2.22. The molecule has 1 fully saturated rings. The van der Waals surface area contributed by atoms with Crippen LogP contribution in [0.1, 0.15) is 65.5 Å². The lowest BCUT2D eigenvalue weighted by molar-refractivity contribution is 0.0944. The first-order chi connectivity index (χ1) is 14.6. The Balaban J connectivity index is 1.69. The number of carbonyl (C=O) groups excluding carboxylic acids is 1. The molecule has 1 heterocycles. The molecule has 0 spiro atoms. The smallest absolute Gasteiger partial charge is 0.270 e. The minimum atomic E-state index is -0.160. The van der Waals surface area contributed by atoms with Crippen molar-refractivity contribution >= 4 is 11.6 Å². The van der Waals surface area contributed by atoms with Gasteiger partial charge in [-0.1, -0.05) is 61.7 Å². The van der Waals surface area contributed by atoms with Crippen LogP contribution in [0.15, 0.2) is 54.6 Å². The molecule has 1 aliphatic rings. The normalized spacial score (nSPS) is 14.4. The van der Waals surface area contributed by atoms with E-state index < -0.39 is 0 Å². The molecule has 1 amide bonds. The van der Waals surface area contributed by atoms with Crippen molar-refractivity contribution in [3.05, 3.63) is 77.2 Å². The molecule has 0 atom stereocenters. The van der Waals surface area contributed by atoms with Gasteiger partial charge in [-0.15, -0.1) is 0 Å². The third-order valence-corrected chi connectivity index (χ3v) is 5.83. The Hall–Kier alpha value is -3.21. The van der Waals surface area contributed by atoms with Gasteiger partial charge in [-0.2, -0.15) is 0 Å². The highest BCUT2D eigenvalue weighted by atomic mass is 16.1. The fourth-order valence-corrected chi connectivity index (χ4v) is 4.08. The van der Waals surface area contributed by atoms with Crippen molar-refractivity contribution in [1.82, 2.24) is 15.3 Å². The van der Waals surface area contributed by atoms with Crippen LogP contribution in [-0.2, 0) is 6.54 Å². The number of hydrogen-bond acceptors (Lipinski definition) is 4. The maximum absolute atomic E-state index is 13.1. The van der Waals surface area contributed by atoms with Gasteiger partial charge < -0.3 is 11.1 Å². The van der Waals surface area contributed by atoms with E-state index in [-0.39, 0.29) is 5.91 Å². The van der Waals surface area contributed by atoms with Crippen molar-refractivity contribution in [2.75, 3.05) is 5.73 Å². The molecule has 2 aromatic carbocycles. The summed E-state index contributed by atoms with van der Waals surface area (Å²) in [5, 5.41) is 3.02. The molecule has 0 saturated heterocycles. The number of nitrogens with two attached hydrogens (primary N) is 1. The molecule has 5 heteroatoms. The first-order valence-electron chi connectivity index (χ1n) is 10.7. The molecule has 0 bridgehead atoms. The lowest BCUT2D eigenvalue weighted by atomic mass is 9.88. The number of rotatable bonds is 5. The second kappa shape index (κ2) is 9.08. The van der Waals surface area contributed by atoms with Crippen molar-refractivity contribution < 1.29 is 4.79 Å². The van der Waals surface area contributed by atoms with Crippen LogP contribution in [0.25, 0.3) is 11.3 Å². The van der Waals surface area contributed by atoms with Gasteiger partial charge in [0.25, 0.3) is 5.91 Å². The minimum absolute atomic E-state index is 0.160. The lowest BCUT2D eigenvalue weighted by Crippen LogP contribution is -2.26. The second-order valence-corrected chi connectivity index (χ2v) is 8.03. The monoisotopic (exact) mass is 400 g/mol. The van der Waals surface area contributed by atoms with Gasteiger partial charge in [0.15, 0.2) is 0 Å². The van der Waals surface area contributed by atoms with Crippen molar-refractivity contribution in [3.63, 3.8) is 0 Å². The molecular weight excluding hydrogens is 372 g/mol. The van der Waals surface area contributed by atoms with Gasteiger partial charge in [0, 0.05) is 29.3 Å². The molecule has 4 rings (SSSR count). The highest BCUT2D eigenvalue weighted by Crippen LogP contribution is 2.33. The molecule has 3 aromatic rings. The maximum atomic E-state index is 13.1. The Morgan fingerprint density at radius 3 is 2.40 bits per heavy atom. The number of aromatic nitrogens is 2. The van der Waals surface area contributed by atoms with Gasteiger partial charge in [-0.05, 0) is 37.5 Å². The summed E-state index contributed by atoms with van der Waals surface area (Å²) in [6.45, 7) is 2.40. The first-order valence-corrected chi connectivity index (χ1v) is 10.7. The summed E-state index contributed by atoms with van der Waals surface area (Å²) >= 11 is 0. The SMILES string of the molecule is Cc1c(C(=O)NCc2ccccc2)nc(C2CCCCC2)nc1-c1ccc(N)cc1. The molecule has 1 saturated carbocycles. The molecule has 1 aliphatic carbocycles. The van der Waals surface area contributed by atoms with E-state index in [2.05, 4.69) is 5.32 Å². The van der Waals surface area contributed by atoms with Crippen LogP contribution >= 0.6 is 0 Å². The van der Waals surface area contributed by atoms with Gasteiger partial charge >= 0.3 is 0 Å². The van der Waals surface area contributed by atoms with Crippen molar-refractivity contribution in [3.8, 4) is 11.3 Å². The molecule has 30 heavy (non-hydrogen) atoms. The zero-order valence-corrected chi connectivity index (χ0v) is 17.4. The zero-order chi connectivity index (χ0) is 20.9. The summed E-state index contributed by atoms with van der Waals surface area (Å²) in [6, 6.07) is 17.6. The molecule has 3 N–H and O–H groups in total. The third-order valence-electron chi connectivity index (χ3n) is 5.83. The van der Waals surface area contributed by atoms with Crippen molar-refractivity contribution in [2.24, 2.45) is 0 Å². The van der Waals surface area contributed by atoms with E-state index in [9.17, 15) is 4.79 Å². The highest BCUT2D eigenvalue weighted by molar-refractivity contribution is 5.95. The van der Waals surface area contributed by atoms with Crippen LogP contribution in [0.4, 0.5) is 5.69 Å². The largest absolute Gasteiger partial charge is 0.399 e. The summed E-state index contributed by atoms with van der Waals surface area (Å²) in [6.07, 6.45) is 5.80. The number of carbonyl (C=O) groups is 1. The first kappa shape index (κ1) is 20.1. The number of hydrogen-bond donors (Lipinski definition) is 2. The van der Waals surface area contributed by atoms with Crippen LogP contribution in [0.3, 0.4) is 0 Å².